The summed E-state index contributed by atoms with van der Waals surface area (Å²) in [5.41, 5.74) is 11.0. The number of nitrogens with zero attached hydrogens (tertiary/aromatic N) is 4. The molecule has 0 saturated heterocycles. The number of nitrogen functional groups attached to an aromatic ring is 1. The fourth-order valence-corrected chi connectivity index (χ4v) is 4.45. The van der Waals surface area contributed by atoms with Crippen molar-refractivity contribution in [3.05, 3.63) is 44.3 Å². The Bertz CT molecular complexity index is 1000. The van der Waals surface area contributed by atoms with Gasteiger partial charge < -0.3 is 15.6 Å². The first-order valence-electron chi connectivity index (χ1n) is 9.25. The molecule has 0 fully saturated rings. The van der Waals surface area contributed by atoms with Gasteiger partial charge in [-0.05, 0) is 71.2 Å². The number of likely N-dealkylation sites (N-methyl/N-ethyl adjacent to an activating group) is 1. The topological polar surface area (TPSA) is 81.7 Å². The number of rotatable bonds is 6. The van der Waals surface area contributed by atoms with E-state index in [1.807, 2.05) is 4.57 Å². The number of imidazole rings is 1. The number of nitrogens with two attached hydrogens (primary N) is 1. The summed E-state index contributed by atoms with van der Waals surface area (Å²) < 4.78 is 17.0. The van der Waals surface area contributed by atoms with E-state index in [1.54, 1.807) is 0 Å². The van der Waals surface area contributed by atoms with Gasteiger partial charge in [-0.25, -0.2) is 4.98 Å². The number of nitrogens with one attached hydrogen (secondary N) is 1. The van der Waals surface area contributed by atoms with Gasteiger partial charge in [0.1, 0.15) is 5.82 Å². The van der Waals surface area contributed by atoms with Crippen molar-refractivity contribution in [3.63, 3.8) is 0 Å². The van der Waals surface area contributed by atoms with Crippen LogP contribution in [-0.2, 0) is 25.8 Å². The highest BCUT2D eigenvalue weighted by atomic mass is 127. The van der Waals surface area contributed by atoms with Crippen LogP contribution in [0.4, 0.5) is 10.2 Å². The summed E-state index contributed by atoms with van der Waals surface area (Å²) in [7, 11) is 0. The molecule has 142 valence electrons. The predicted octanol–water partition coefficient (Wildman–Crippen LogP) is 2.84. The maximum Gasteiger partial charge on any atom is 0.312 e. The lowest BCUT2D eigenvalue weighted by molar-refractivity contribution is 0.540. The van der Waals surface area contributed by atoms with Gasteiger partial charge in [-0.15, -0.1) is 0 Å². The molecule has 1 aliphatic rings. The number of aromatic nitrogens is 4. The van der Waals surface area contributed by atoms with Crippen LogP contribution in [0.5, 0.6) is 0 Å². The molecule has 4 rings (SSSR count). The number of aryl methyl sites for hydroxylation is 2. The van der Waals surface area contributed by atoms with Crippen LogP contribution in [0.25, 0.3) is 11.2 Å². The lowest BCUT2D eigenvalue weighted by Gasteiger charge is -2.11. The van der Waals surface area contributed by atoms with E-state index in [9.17, 15) is 4.39 Å². The van der Waals surface area contributed by atoms with Crippen molar-refractivity contribution < 1.29 is 4.39 Å². The second-order valence-corrected chi connectivity index (χ2v) is 7.99. The highest BCUT2D eigenvalue weighted by molar-refractivity contribution is 14.1. The second kappa shape index (κ2) is 7.67. The maximum atomic E-state index is 13.8. The van der Waals surface area contributed by atoms with Gasteiger partial charge in [-0.1, -0.05) is 13.0 Å². The molecule has 3 N–H and O–H groups in total. The van der Waals surface area contributed by atoms with Gasteiger partial charge in [0.15, 0.2) is 17.0 Å². The summed E-state index contributed by atoms with van der Waals surface area (Å²) in [5.74, 6) is 0.926. The van der Waals surface area contributed by atoms with Crippen LogP contribution in [0.2, 0.25) is 0 Å². The molecular formula is C19H22FIN6. The van der Waals surface area contributed by atoms with Crippen LogP contribution in [0, 0.1) is 9.65 Å². The SMILES string of the molecule is CCNCCn1c(Cc2cc3c(cc2I)CCC3)nc2c(N)nc(F)nc21. The van der Waals surface area contributed by atoms with E-state index in [0.717, 1.165) is 31.8 Å². The van der Waals surface area contributed by atoms with Crippen LogP contribution in [0.3, 0.4) is 0 Å². The molecular weight excluding hydrogens is 458 g/mol. The zero-order valence-corrected chi connectivity index (χ0v) is 17.4. The van der Waals surface area contributed by atoms with E-state index < -0.39 is 6.08 Å². The Morgan fingerprint density at radius 1 is 1.22 bits per heavy atom. The van der Waals surface area contributed by atoms with Crippen molar-refractivity contribution in [2.45, 2.75) is 39.2 Å². The van der Waals surface area contributed by atoms with Gasteiger partial charge in [0.25, 0.3) is 0 Å². The van der Waals surface area contributed by atoms with Crippen LogP contribution < -0.4 is 11.1 Å². The van der Waals surface area contributed by atoms with Crippen molar-refractivity contribution in [2.24, 2.45) is 0 Å². The molecule has 6 nitrogen and oxygen atoms in total. The molecule has 8 heteroatoms. The molecule has 0 unspecified atom stereocenters. The second-order valence-electron chi connectivity index (χ2n) is 6.83. The van der Waals surface area contributed by atoms with E-state index in [2.05, 4.69) is 61.9 Å². The quantitative estimate of drug-likeness (QED) is 0.322. The van der Waals surface area contributed by atoms with Crippen molar-refractivity contribution in [2.75, 3.05) is 18.8 Å². The van der Waals surface area contributed by atoms with Crippen LogP contribution in [0.15, 0.2) is 12.1 Å². The fourth-order valence-electron chi connectivity index (χ4n) is 3.73. The van der Waals surface area contributed by atoms with E-state index in [4.69, 9.17) is 5.73 Å². The Morgan fingerprint density at radius 2 is 2.00 bits per heavy atom. The van der Waals surface area contributed by atoms with Gasteiger partial charge >= 0.3 is 6.08 Å². The summed E-state index contributed by atoms with van der Waals surface area (Å²) in [4.78, 5) is 12.3. The molecule has 0 amide bonds. The minimum Gasteiger partial charge on any atom is -0.382 e. The largest absolute Gasteiger partial charge is 0.382 e. The third-order valence-corrected chi connectivity index (χ3v) is 6.05. The summed E-state index contributed by atoms with van der Waals surface area (Å²) in [5, 5.41) is 3.30. The van der Waals surface area contributed by atoms with Crippen molar-refractivity contribution in [1.82, 2.24) is 24.8 Å². The first-order valence-corrected chi connectivity index (χ1v) is 10.3. The third-order valence-electron chi connectivity index (χ3n) is 5.05. The molecule has 1 aromatic carbocycles. The molecule has 2 aromatic heterocycles. The minimum absolute atomic E-state index is 0.0876. The van der Waals surface area contributed by atoms with E-state index in [0.29, 0.717) is 24.1 Å². The molecule has 0 bridgehead atoms. The average Bonchev–Trinajstić information content (AvgIpc) is 3.20. The Hall–Kier alpha value is -1.81. The number of benzene rings is 1. The lowest BCUT2D eigenvalue weighted by atomic mass is 10.0. The minimum atomic E-state index is -0.816. The summed E-state index contributed by atoms with van der Waals surface area (Å²) in [6, 6.07) is 4.59. The molecule has 0 radical (unpaired) electrons. The zero-order chi connectivity index (χ0) is 19.0. The lowest BCUT2D eigenvalue weighted by Crippen LogP contribution is -2.21. The van der Waals surface area contributed by atoms with Gasteiger partial charge in [0.05, 0.1) is 0 Å². The summed E-state index contributed by atoms with van der Waals surface area (Å²) in [6.45, 7) is 4.33. The number of anilines is 1. The Kier molecular flexibility index (Phi) is 5.27. The van der Waals surface area contributed by atoms with Gasteiger partial charge in [0.2, 0.25) is 0 Å². The summed E-state index contributed by atoms with van der Waals surface area (Å²) in [6.07, 6.45) is 3.37. The Labute approximate surface area is 170 Å². The van der Waals surface area contributed by atoms with E-state index in [1.165, 1.54) is 26.7 Å². The molecule has 0 aliphatic heterocycles. The smallest absolute Gasteiger partial charge is 0.312 e. The van der Waals surface area contributed by atoms with Crippen LogP contribution in [-0.4, -0.2) is 32.6 Å². The normalized spacial score (nSPS) is 13.4. The number of halogens is 2. The number of fused-ring (bicyclic) bond motifs is 2. The fraction of sp³-hybridized carbons (Fsp3) is 0.421. The Morgan fingerprint density at radius 3 is 2.78 bits per heavy atom. The van der Waals surface area contributed by atoms with Crippen molar-refractivity contribution >= 4 is 39.6 Å². The standard InChI is InChI=1S/C19H22FIN6/c1-2-23-6-7-27-15(24-16-17(22)25-19(20)26-18(16)27)10-13-8-11-4-3-5-12(11)9-14(13)21/h8-9,23H,2-7,10H2,1H3,(H2,22,25,26). The first kappa shape index (κ1) is 18.5. The molecule has 1 aliphatic carbocycles. The maximum absolute atomic E-state index is 13.8. The highest BCUT2D eigenvalue weighted by Crippen LogP contribution is 2.29. The average molecular weight is 480 g/mol. The van der Waals surface area contributed by atoms with Crippen molar-refractivity contribution in [1.29, 1.82) is 0 Å². The van der Waals surface area contributed by atoms with E-state index >= 15 is 0 Å². The molecule has 3 aromatic rings. The monoisotopic (exact) mass is 480 g/mol. The molecule has 27 heavy (non-hydrogen) atoms. The van der Waals surface area contributed by atoms with Crippen molar-refractivity contribution in [3.8, 4) is 0 Å². The molecule has 2 heterocycles. The Balaban J connectivity index is 1.76. The van der Waals surface area contributed by atoms with Gasteiger partial charge in [0, 0.05) is 23.1 Å². The van der Waals surface area contributed by atoms with Gasteiger partial charge in [-0.3, -0.25) is 0 Å². The van der Waals surface area contributed by atoms with Gasteiger partial charge in [-0.2, -0.15) is 14.4 Å². The van der Waals surface area contributed by atoms with Crippen LogP contribution >= 0.6 is 22.6 Å². The van der Waals surface area contributed by atoms with E-state index in [-0.39, 0.29) is 5.82 Å². The number of hydrogen-bond donors (Lipinski definition) is 2. The van der Waals surface area contributed by atoms with Crippen LogP contribution in [0.1, 0.15) is 35.9 Å². The zero-order valence-electron chi connectivity index (χ0n) is 15.2. The molecule has 0 spiro atoms. The summed E-state index contributed by atoms with van der Waals surface area (Å²) >= 11 is 2.40. The predicted molar refractivity (Wildman–Crippen MR) is 112 cm³/mol. The first-order chi connectivity index (χ1) is 13.1. The number of hydrogen-bond acceptors (Lipinski definition) is 5. The highest BCUT2D eigenvalue weighted by Gasteiger charge is 2.19. The molecule has 0 atom stereocenters. The molecule has 0 saturated carbocycles. The third kappa shape index (κ3) is 3.64.